The summed E-state index contributed by atoms with van der Waals surface area (Å²) in [6.07, 6.45) is 1.87. The Balaban J connectivity index is 1.87. The number of hydrogen-bond acceptors (Lipinski definition) is 1. The average Bonchev–Trinajstić information content (AvgIpc) is 2.74. The molecule has 28 heavy (non-hydrogen) atoms. The number of aromatic nitrogens is 1. The predicted molar refractivity (Wildman–Crippen MR) is 120 cm³/mol. The van der Waals surface area contributed by atoms with Gasteiger partial charge in [-0.1, -0.05) is 96.6 Å². The first-order valence-electron chi connectivity index (χ1n) is 9.51. The highest BCUT2D eigenvalue weighted by molar-refractivity contribution is 5.77. The molecule has 0 aliphatic rings. The Kier molecular flexibility index (Phi) is 4.90. The number of rotatable bonds is 4. The summed E-state index contributed by atoms with van der Waals surface area (Å²) in [6, 6.07) is 29.9. The number of nitrogens with zero attached hydrogens (tertiary/aromatic N) is 1. The SMILES string of the molecule is C=Cc1ccc(-c2cc(-c3ccc(C)cc3)nc(-c3ccc(C)cc3)c2)cc1. The molecule has 1 heterocycles. The summed E-state index contributed by atoms with van der Waals surface area (Å²) in [6.45, 7) is 8.05. The fraction of sp³-hybridized carbons (Fsp3) is 0.0741. The second kappa shape index (κ2) is 7.66. The van der Waals surface area contributed by atoms with E-state index in [9.17, 15) is 0 Å². The van der Waals surface area contributed by atoms with Crippen molar-refractivity contribution < 1.29 is 0 Å². The van der Waals surface area contributed by atoms with Crippen LogP contribution in [0.2, 0.25) is 0 Å². The van der Waals surface area contributed by atoms with E-state index in [1.807, 2.05) is 6.08 Å². The van der Waals surface area contributed by atoms with Crippen LogP contribution in [0.5, 0.6) is 0 Å². The molecule has 0 radical (unpaired) electrons. The molecule has 4 aromatic rings. The summed E-state index contributed by atoms with van der Waals surface area (Å²) in [5.74, 6) is 0. The monoisotopic (exact) mass is 361 g/mol. The highest BCUT2D eigenvalue weighted by atomic mass is 14.7. The van der Waals surface area contributed by atoms with E-state index in [0.717, 1.165) is 33.6 Å². The van der Waals surface area contributed by atoms with Gasteiger partial charge in [-0.15, -0.1) is 0 Å². The van der Waals surface area contributed by atoms with E-state index in [2.05, 4.69) is 105 Å². The van der Waals surface area contributed by atoms with Gasteiger partial charge in [-0.25, -0.2) is 4.98 Å². The van der Waals surface area contributed by atoms with Crippen molar-refractivity contribution >= 4 is 6.08 Å². The number of aryl methyl sites for hydroxylation is 2. The van der Waals surface area contributed by atoms with Crippen molar-refractivity contribution in [3.05, 3.63) is 108 Å². The third-order valence-corrected chi connectivity index (χ3v) is 5.00. The van der Waals surface area contributed by atoms with Crippen molar-refractivity contribution in [3.63, 3.8) is 0 Å². The van der Waals surface area contributed by atoms with Crippen molar-refractivity contribution in [1.82, 2.24) is 4.98 Å². The van der Waals surface area contributed by atoms with Gasteiger partial charge in [-0.05, 0) is 42.7 Å². The van der Waals surface area contributed by atoms with Gasteiger partial charge < -0.3 is 0 Å². The molecule has 1 heteroatoms. The van der Waals surface area contributed by atoms with E-state index >= 15 is 0 Å². The lowest BCUT2D eigenvalue weighted by atomic mass is 9.98. The van der Waals surface area contributed by atoms with Gasteiger partial charge in [0, 0.05) is 11.1 Å². The Morgan fingerprint density at radius 3 is 1.43 bits per heavy atom. The van der Waals surface area contributed by atoms with Crippen LogP contribution in [0.15, 0.2) is 91.5 Å². The zero-order chi connectivity index (χ0) is 19.5. The number of pyridine rings is 1. The van der Waals surface area contributed by atoms with Gasteiger partial charge in [0.15, 0.2) is 0 Å². The maximum atomic E-state index is 4.98. The standard InChI is InChI=1S/C27H23N/c1-4-21-9-15-22(16-10-21)25-17-26(23-11-5-19(2)6-12-23)28-27(18-25)24-13-7-20(3)8-14-24/h4-18H,1H2,2-3H3. The molecule has 0 aliphatic carbocycles. The second-order valence-corrected chi connectivity index (χ2v) is 7.18. The number of benzene rings is 3. The van der Waals surface area contributed by atoms with Gasteiger partial charge in [-0.2, -0.15) is 0 Å². The van der Waals surface area contributed by atoms with Crippen molar-refractivity contribution in [2.75, 3.05) is 0 Å². The van der Waals surface area contributed by atoms with Crippen LogP contribution in [0.25, 0.3) is 39.7 Å². The van der Waals surface area contributed by atoms with E-state index in [1.54, 1.807) is 0 Å². The van der Waals surface area contributed by atoms with Crippen molar-refractivity contribution in [2.24, 2.45) is 0 Å². The highest BCUT2D eigenvalue weighted by Gasteiger charge is 2.09. The Hall–Kier alpha value is -3.45. The zero-order valence-electron chi connectivity index (χ0n) is 16.3. The molecule has 0 saturated heterocycles. The van der Waals surface area contributed by atoms with Crippen LogP contribution in [0, 0.1) is 13.8 Å². The Labute approximate surface area is 167 Å². The zero-order valence-corrected chi connectivity index (χ0v) is 16.3. The summed E-state index contributed by atoms with van der Waals surface area (Å²) in [7, 11) is 0. The van der Waals surface area contributed by atoms with E-state index in [-0.39, 0.29) is 0 Å². The minimum absolute atomic E-state index is 0.987. The summed E-state index contributed by atoms with van der Waals surface area (Å²) < 4.78 is 0. The third-order valence-electron chi connectivity index (χ3n) is 5.00. The predicted octanol–water partition coefficient (Wildman–Crippen LogP) is 7.34. The fourth-order valence-electron chi connectivity index (χ4n) is 3.25. The van der Waals surface area contributed by atoms with Crippen LogP contribution >= 0.6 is 0 Å². The van der Waals surface area contributed by atoms with Crippen LogP contribution in [0.3, 0.4) is 0 Å². The van der Waals surface area contributed by atoms with Gasteiger partial charge in [-0.3, -0.25) is 0 Å². The largest absolute Gasteiger partial charge is 0.248 e. The fourth-order valence-corrected chi connectivity index (χ4v) is 3.25. The van der Waals surface area contributed by atoms with Crippen LogP contribution in [-0.2, 0) is 0 Å². The lowest BCUT2D eigenvalue weighted by Gasteiger charge is -2.11. The first-order valence-corrected chi connectivity index (χ1v) is 9.51. The molecule has 1 aromatic heterocycles. The van der Waals surface area contributed by atoms with Crippen LogP contribution in [-0.4, -0.2) is 4.98 Å². The molecule has 0 saturated carbocycles. The lowest BCUT2D eigenvalue weighted by Crippen LogP contribution is -1.91. The molecular formula is C27H23N. The van der Waals surface area contributed by atoms with Crippen molar-refractivity contribution in [2.45, 2.75) is 13.8 Å². The quantitative estimate of drug-likeness (QED) is 0.370. The molecular weight excluding hydrogens is 338 g/mol. The van der Waals surface area contributed by atoms with Crippen molar-refractivity contribution in [3.8, 4) is 33.6 Å². The van der Waals surface area contributed by atoms with Crippen molar-refractivity contribution in [1.29, 1.82) is 0 Å². The maximum absolute atomic E-state index is 4.98. The molecule has 0 N–H and O–H groups in total. The van der Waals surface area contributed by atoms with Crippen LogP contribution in [0.1, 0.15) is 16.7 Å². The molecule has 0 spiro atoms. The molecule has 0 aliphatic heterocycles. The smallest absolute Gasteiger partial charge is 0.0715 e. The molecule has 136 valence electrons. The van der Waals surface area contributed by atoms with Crippen LogP contribution < -0.4 is 0 Å². The topological polar surface area (TPSA) is 12.9 Å². The van der Waals surface area contributed by atoms with Gasteiger partial charge in [0.05, 0.1) is 11.4 Å². The molecule has 0 unspecified atom stereocenters. The van der Waals surface area contributed by atoms with E-state index in [4.69, 9.17) is 4.98 Å². The summed E-state index contributed by atoms with van der Waals surface area (Å²) in [5.41, 5.74) is 10.2. The summed E-state index contributed by atoms with van der Waals surface area (Å²) in [4.78, 5) is 4.98. The van der Waals surface area contributed by atoms with Crippen LogP contribution in [0.4, 0.5) is 0 Å². The minimum Gasteiger partial charge on any atom is -0.248 e. The first kappa shape index (κ1) is 17.9. The second-order valence-electron chi connectivity index (χ2n) is 7.18. The van der Waals surface area contributed by atoms with Gasteiger partial charge in [0.2, 0.25) is 0 Å². The Morgan fingerprint density at radius 2 is 1.00 bits per heavy atom. The molecule has 4 rings (SSSR count). The van der Waals surface area contributed by atoms with E-state index in [0.29, 0.717) is 0 Å². The Morgan fingerprint density at radius 1 is 0.571 bits per heavy atom. The normalized spacial score (nSPS) is 10.6. The number of hydrogen-bond donors (Lipinski definition) is 0. The average molecular weight is 361 g/mol. The van der Waals surface area contributed by atoms with Gasteiger partial charge >= 0.3 is 0 Å². The molecule has 0 atom stereocenters. The summed E-state index contributed by atoms with van der Waals surface area (Å²) >= 11 is 0. The lowest BCUT2D eigenvalue weighted by molar-refractivity contribution is 1.31. The molecule has 0 amide bonds. The molecule has 0 bridgehead atoms. The minimum atomic E-state index is 0.987. The first-order chi connectivity index (χ1) is 13.6. The third kappa shape index (κ3) is 3.79. The van der Waals surface area contributed by atoms with Gasteiger partial charge in [0.1, 0.15) is 0 Å². The van der Waals surface area contributed by atoms with E-state index < -0.39 is 0 Å². The summed E-state index contributed by atoms with van der Waals surface area (Å²) in [5, 5.41) is 0. The van der Waals surface area contributed by atoms with E-state index in [1.165, 1.54) is 16.7 Å². The molecule has 1 nitrogen and oxygen atoms in total. The van der Waals surface area contributed by atoms with Gasteiger partial charge in [0.25, 0.3) is 0 Å². The molecule has 3 aromatic carbocycles. The molecule has 0 fully saturated rings. The Bertz CT molecular complexity index is 1040. The highest BCUT2D eigenvalue weighted by Crippen LogP contribution is 2.30. The maximum Gasteiger partial charge on any atom is 0.0715 e.